The molecule has 0 spiro atoms. The van der Waals surface area contributed by atoms with Gasteiger partial charge in [0.15, 0.2) is 0 Å². The minimum absolute atomic E-state index is 0.680. The smallest absolute Gasteiger partial charge is 0.0654 e. The molecule has 0 aliphatic carbocycles. The van der Waals surface area contributed by atoms with Gasteiger partial charge in [0.2, 0.25) is 0 Å². The zero-order valence-corrected chi connectivity index (χ0v) is 41.8. The maximum atomic E-state index is 11.6. The second-order valence-electron chi connectivity index (χ2n) is 19.1. The predicted octanol–water partition coefficient (Wildman–Crippen LogP) is 20.3. The molecule has 58 heavy (non-hydrogen) atoms. The Labute approximate surface area is 368 Å². The zero-order valence-electron chi connectivity index (χ0n) is 40.8. The van der Waals surface area contributed by atoms with Gasteiger partial charge in [-0.05, 0) is 0 Å². The third-order valence-corrected chi connectivity index (χ3v) is 15.3. The van der Waals surface area contributed by atoms with E-state index in [1.54, 1.807) is 0 Å². The van der Waals surface area contributed by atoms with Crippen molar-refractivity contribution in [3.63, 3.8) is 0 Å². The summed E-state index contributed by atoms with van der Waals surface area (Å²) in [6, 6.07) is 0. The summed E-state index contributed by atoms with van der Waals surface area (Å²) >= 11 is 0. The van der Waals surface area contributed by atoms with Crippen molar-refractivity contribution in [3.05, 3.63) is 0 Å². The van der Waals surface area contributed by atoms with Gasteiger partial charge in [-0.1, -0.05) is 130 Å². The molecule has 0 bridgehead atoms. The summed E-state index contributed by atoms with van der Waals surface area (Å²) in [6.07, 6.45) is 66.9. The van der Waals surface area contributed by atoms with Crippen LogP contribution in [0.25, 0.3) is 0 Å². The van der Waals surface area contributed by atoms with E-state index in [2.05, 4.69) is 20.8 Å². The van der Waals surface area contributed by atoms with E-state index in [9.17, 15) is 4.89 Å². The van der Waals surface area contributed by atoms with Gasteiger partial charge in [0.05, 0.1) is 0 Å². The van der Waals surface area contributed by atoms with E-state index in [-0.39, 0.29) is 0 Å². The van der Waals surface area contributed by atoms with Crippen molar-refractivity contribution < 1.29 is 13.9 Å². The van der Waals surface area contributed by atoms with Crippen LogP contribution in [0.4, 0.5) is 0 Å². The van der Waals surface area contributed by atoms with Gasteiger partial charge in [-0.25, -0.2) is 0 Å². The minimum Gasteiger partial charge on any atom is -0.0654 e. The molecule has 0 saturated heterocycles. The molecule has 0 unspecified atom stereocenters. The van der Waals surface area contributed by atoms with Crippen molar-refractivity contribution in [2.75, 3.05) is 19.4 Å². The van der Waals surface area contributed by atoms with Crippen molar-refractivity contribution in [1.29, 1.82) is 0 Å². The fourth-order valence-electron chi connectivity index (χ4n) is 8.85. The summed E-state index contributed by atoms with van der Waals surface area (Å²) in [6.45, 7) is 8.27. The Morgan fingerprint density at radius 1 is 0.224 bits per heavy atom. The van der Waals surface area contributed by atoms with E-state index in [0.717, 1.165) is 25.4 Å². The molecule has 0 aliphatic rings. The predicted molar refractivity (Wildman–Crippen MR) is 266 cm³/mol. The normalized spacial score (nSPS) is 12.3. The molecule has 0 saturated carbocycles. The Balaban J connectivity index is 4.08. The summed E-state index contributed by atoms with van der Waals surface area (Å²) in [7, 11) is -3.07. The Hall–Kier alpha value is 0.310. The van der Waals surface area contributed by atoms with Crippen LogP contribution >= 0.6 is 7.94 Å². The number of unbranched alkanes of at least 4 members (excludes halogenated alkanes) is 45. The summed E-state index contributed by atoms with van der Waals surface area (Å²) in [5.41, 5.74) is 0. The van der Waals surface area contributed by atoms with Crippen molar-refractivity contribution >= 4 is 7.94 Å². The summed E-state index contributed by atoms with van der Waals surface area (Å²) in [5.74, 6) is 0. The van der Waals surface area contributed by atoms with Crippen molar-refractivity contribution in [2.24, 2.45) is 0 Å². The third-order valence-electron chi connectivity index (χ3n) is 13.0. The quantitative estimate of drug-likeness (QED) is 0.0490. The fraction of sp³-hybridized carbons (Fsp3) is 1.00. The fourth-order valence-corrected chi connectivity index (χ4v) is 10.8. The molecule has 0 aromatic heterocycles. The van der Waals surface area contributed by atoms with Gasteiger partial charge in [0.1, 0.15) is 0 Å². The first-order valence-electron chi connectivity index (χ1n) is 27.7. The molecular formula is C54H113O3P. The van der Waals surface area contributed by atoms with Crippen molar-refractivity contribution in [2.45, 2.75) is 329 Å². The molecule has 3 nitrogen and oxygen atoms in total. The molecule has 0 fully saturated rings. The van der Waals surface area contributed by atoms with Crippen LogP contribution in [0.2, 0.25) is 0 Å². The number of hydrogen-bond acceptors (Lipinski definition) is 3. The van der Waals surface area contributed by atoms with Crippen LogP contribution in [0.15, 0.2) is 0 Å². The third kappa shape index (κ3) is 49.0. The van der Waals surface area contributed by atoms with Crippen molar-refractivity contribution in [3.8, 4) is 0 Å². The van der Waals surface area contributed by atoms with Crippen molar-refractivity contribution in [1.82, 2.24) is 0 Å². The molecule has 0 amide bonds. The second kappa shape index (κ2) is 51.7. The van der Waals surface area contributed by atoms with Crippen LogP contribution in [-0.4, -0.2) is 24.3 Å². The Morgan fingerprint density at radius 2 is 0.379 bits per heavy atom. The number of hydrogen-bond donors (Lipinski definition) is 1. The van der Waals surface area contributed by atoms with Gasteiger partial charge in [-0.2, -0.15) is 0 Å². The standard InChI is InChI=1S/C54H113O3P/c1-4-7-10-13-16-19-22-25-28-31-34-37-40-43-46-49-52-56-58(55,54-51-48-45-42-39-36-33-30-27-24-21-18-15-12-9-6-3)57-53-50-47-44-41-38-35-32-29-26-23-20-17-14-11-8-5-2/h55,58H,4-54H2,1-3H3. The average Bonchev–Trinajstić information content (AvgIpc) is 3.23. The molecule has 0 aromatic carbocycles. The summed E-state index contributed by atoms with van der Waals surface area (Å²) in [4.78, 5) is 11.6. The molecule has 0 aromatic rings. The molecule has 0 radical (unpaired) electrons. The Bertz CT molecular complexity index is 678. The first-order valence-corrected chi connectivity index (χ1v) is 29.7. The first kappa shape index (κ1) is 58.3. The van der Waals surface area contributed by atoms with Crippen LogP contribution < -0.4 is 0 Å². The minimum atomic E-state index is -3.07. The van der Waals surface area contributed by atoms with Crippen LogP contribution in [0.1, 0.15) is 329 Å². The van der Waals surface area contributed by atoms with E-state index in [4.69, 9.17) is 9.05 Å². The zero-order chi connectivity index (χ0) is 42.0. The Kier molecular flexibility index (Phi) is 51.9. The molecule has 352 valence electrons. The molecule has 0 heterocycles. The van der Waals surface area contributed by atoms with E-state index in [1.807, 2.05) is 0 Å². The summed E-state index contributed by atoms with van der Waals surface area (Å²) < 4.78 is 12.5. The van der Waals surface area contributed by atoms with Gasteiger partial charge in [-0.3, -0.25) is 0 Å². The van der Waals surface area contributed by atoms with Crippen LogP contribution in [0.5, 0.6) is 0 Å². The van der Waals surface area contributed by atoms with Crippen LogP contribution in [0, 0.1) is 0 Å². The molecule has 4 heteroatoms. The molecule has 1 N–H and O–H groups in total. The number of rotatable bonds is 53. The molecular weight excluding hydrogens is 728 g/mol. The van der Waals surface area contributed by atoms with Crippen LogP contribution in [0.3, 0.4) is 0 Å². The second-order valence-corrected chi connectivity index (χ2v) is 21.6. The van der Waals surface area contributed by atoms with E-state index < -0.39 is 7.94 Å². The molecule has 0 aliphatic heterocycles. The maximum absolute atomic E-state index is 11.6. The monoisotopic (exact) mass is 841 g/mol. The van der Waals surface area contributed by atoms with E-state index in [0.29, 0.717) is 13.2 Å². The first-order chi connectivity index (χ1) is 28.7. The van der Waals surface area contributed by atoms with E-state index >= 15 is 0 Å². The Morgan fingerprint density at radius 3 is 0.569 bits per heavy atom. The van der Waals surface area contributed by atoms with Gasteiger partial charge < -0.3 is 0 Å². The van der Waals surface area contributed by atoms with Gasteiger partial charge >= 0.3 is 240 Å². The topological polar surface area (TPSA) is 38.7 Å². The van der Waals surface area contributed by atoms with Gasteiger partial charge in [0, 0.05) is 0 Å². The molecule has 0 rings (SSSR count). The SMILES string of the molecule is CCCCCCCCCCCCCCCCCCO[PH](O)(CCCCCCCCCCCCCCCCCC)OCCCCCCCCCCCCCCCCCC. The molecule has 0 atom stereocenters. The van der Waals surface area contributed by atoms with Gasteiger partial charge in [0.25, 0.3) is 0 Å². The van der Waals surface area contributed by atoms with Gasteiger partial charge in [-0.15, -0.1) is 0 Å². The average molecular weight is 841 g/mol. The van der Waals surface area contributed by atoms with Crippen LogP contribution in [-0.2, 0) is 9.05 Å². The van der Waals surface area contributed by atoms with E-state index in [1.165, 1.54) is 289 Å². The summed E-state index contributed by atoms with van der Waals surface area (Å²) in [5, 5.41) is 0.